The van der Waals surface area contributed by atoms with Crippen molar-refractivity contribution in [3.05, 3.63) is 76.6 Å². The van der Waals surface area contributed by atoms with E-state index in [1.165, 1.54) is 23.0 Å². The first-order valence-electron chi connectivity index (χ1n) is 9.33. The van der Waals surface area contributed by atoms with E-state index in [1.54, 1.807) is 27.8 Å². The molecule has 0 saturated carbocycles. The number of tetrazole rings is 1. The van der Waals surface area contributed by atoms with E-state index in [0.717, 1.165) is 27.2 Å². The fourth-order valence-corrected chi connectivity index (χ4v) is 4.79. The molecule has 1 amide bonds. The number of hydrogen-bond donors (Lipinski definition) is 1. The van der Waals surface area contributed by atoms with Crippen molar-refractivity contribution in [2.24, 2.45) is 0 Å². The van der Waals surface area contributed by atoms with Crippen LogP contribution in [0.1, 0.15) is 22.4 Å². The quantitative estimate of drug-likeness (QED) is 0.437. The van der Waals surface area contributed by atoms with Gasteiger partial charge in [0.2, 0.25) is 5.91 Å². The number of carbonyl (C=O) groups excluding carboxylic acids is 1. The van der Waals surface area contributed by atoms with E-state index in [2.05, 4.69) is 57.9 Å². The van der Waals surface area contributed by atoms with Gasteiger partial charge in [-0.25, -0.2) is 9.67 Å². The first kappa shape index (κ1) is 20.2. The Bertz CT molecular complexity index is 1140. The number of aromatic nitrogens is 5. The van der Waals surface area contributed by atoms with Crippen LogP contribution in [-0.2, 0) is 17.0 Å². The highest BCUT2D eigenvalue weighted by atomic mass is 32.2. The molecular weight excluding hydrogens is 416 g/mol. The molecule has 2 aromatic carbocycles. The standard InChI is InChI=1S/C21H20N6OS2/c1-14-3-4-15(2)16(9-14)11-29-21-24-18(12-30-21)10-20(28)23-17-5-7-19(8-6-17)27-13-22-25-26-27/h3-9,12-13H,10-11H2,1-2H3,(H,23,28). The molecular formula is C21H20N6OS2. The number of anilines is 1. The van der Waals surface area contributed by atoms with Crippen molar-refractivity contribution in [3.63, 3.8) is 0 Å². The molecule has 0 radical (unpaired) electrons. The largest absolute Gasteiger partial charge is 0.326 e. The molecule has 0 spiro atoms. The van der Waals surface area contributed by atoms with Gasteiger partial charge in [-0.1, -0.05) is 35.5 Å². The molecule has 4 rings (SSSR count). The Balaban J connectivity index is 1.31. The van der Waals surface area contributed by atoms with Gasteiger partial charge in [-0.2, -0.15) is 0 Å². The molecule has 0 aliphatic heterocycles. The third-order valence-electron chi connectivity index (χ3n) is 4.49. The van der Waals surface area contributed by atoms with E-state index in [9.17, 15) is 4.79 Å². The fraction of sp³-hybridized carbons (Fsp3) is 0.190. The lowest BCUT2D eigenvalue weighted by atomic mass is 10.1. The smallest absolute Gasteiger partial charge is 0.230 e. The highest BCUT2D eigenvalue weighted by Crippen LogP contribution is 2.28. The van der Waals surface area contributed by atoms with E-state index < -0.39 is 0 Å². The zero-order chi connectivity index (χ0) is 20.9. The van der Waals surface area contributed by atoms with Crippen LogP contribution in [0.15, 0.2) is 58.5 Å². The second kappa shape index (κ2) is 9.19. The maximum Gasteiger partial charge on any atom is 0.230 e. The highest BCUT2D eigenvalue weighted by Gasteiger charge is 2.10. The topological polar surface area (TPSA) is 85.6 Å². The van der Waals surface area contributed by atoms with Gasteiger partial charge in [-0.3, -0.25) is 4.79 Å². The van der Waals surface area contributed by atoms with E-state index in [4.69, 9.17) is 0 Å². The lowest BCUT2D eigenvalue weighted by Crippen LogP contribution is -2.14. The summed E-state index contributed by atoms with van der Waals surface area (Å²) in [7, 11) is 0. The first-order valence-corrected chi connectivity index (χ1v) is 11.2. The average molecular weight is 437 g/mol. The summed E-state index contributed by atoms with van der Waals surface area (Å²) < 4.78 is 2.53. The minimum atomic E-state index is -0.0958. The van der Waals surface area contributed by atoms with Crippen LogP contribution in [0.5, 0.6) is 0 Å². The van der Waals surface area contributed by atoms with Crippen molar-refractivity contribution >= 4 is 34.7 Å². The van der Waals surface area contributed by atoms with Gasteiger partial charge in [0.05, 0.1) is 17.8 Å². The number of nitrogens with one attached hydrogen (secondary N) is 1. The Labute approximate surface area is 182 Å². The molecule has 30 heavy (non-hydrogen) atoms. The second-order valence-electron chi connectivity index (χ2n) is 6.85. The predicted octanol–water partition coefficient (Wildman–Crippen LogP) is 4.21. The van der Waals surface area contributed by atoms with Crippen LogP contribution in [0.4, 0.5) is 5.69 Å². The zero-order valence-electron chi connectivity index (χ0n) is 16.6. The number of hydrogen-bond acceptors (Lipinski definition) is 7. The van der Waals surface area contributed by atoms with Crippen LogP contribution >= 0.6 is 23.1 Å². The fourth-order valence-electron chi connectivity index (χ4n) is 2.88. The maximum atomic E-state index is 12.4. The Morgan fingerprint density at radius 1 is 1.17 bits per heavy atom. The second-order valence-corrected chi connectivity index (χ2v) is 8.93. The maximum absolute atomic E-state index is 12.4. The van der Waals surface area contributed by atoms with Crippen molar-refractivity contribution in [2.75, 3.05) is 5.32 Å². The molecule has 4 aromatic rings. The molecule has 0 unspecified atom stereocenters. The molecule has 0 atom stereocenters. The Morgan fingerprint density at radius 3 is 2.77 bits per heavy atom. The Morgan fingerprint density at radius 2 is 2.00 bits per heavy atom. The van der Waals surface area contributed by atoms with Crippen molar-refractivity contribution in [2.45, 2.75) is 30.4 Å². The molecule has 0 fully saturated rings. The number of aryl methyl sites for hydroxylation is 2. The van der Waals surface area contributed by atoms with E-state index >= 15 is 0 Å². The van der Waals surface area contributed by atoms with Gasteiger partial charge >= 0.3 is 0 Å². The number of thioether (sulfide) groups is 1. The normalized spacial score (nSPS) is 10.9. The highest BCUT2D eigenvalue weighted by molar-refractivity contribution is 8.00. The molecule has 1 N–H and O–H groups in total. The molecule has 9 heteroatoms. The Hall–Kier alpha value is -3.04. The third-order valence-corrected chi connectivity index (χ3v) is 6.61. The lowest BCUT2D eigenvalue weighted by Gasteiger charge is -2.06. The number of rotatable bonds is 7. The zero-order valence-corrected chi connectivity index (χ0v) is 18.2. The average Bonchev–Trinajstić information content (AvgIpc) is 3.41. The summed E-state index contributed by atoms with van der Waals surface area (Å²) in [4.78, 5) is 17.0. The number of nitrogens with zero attached hydrogens (tertiary/aromatic N) is 5. The van der Waals surface area contributed by atoms with Crippen LogP contribution in [0.2, 0.25) is 0 Å². The molecule has 0 aliphatic carbocycles. The monoisotopic (exact) mass is 436 g/mol. The van der Waals surface area contributed by atoms with Crippen LogP contribution in [0.3, 0.4) is 0 Å². The molecule has 7 nitrogen and oxygen atoms in total. The van der Waals surface area contributed by atoms with E-state index in [1.807, 2.05) is 29.6 Å². The van der Waals surface area contributed by atoms with Gasteiger partial charge < -0.3 is 5.32 Å². The van der Waals surface area contributed by atoms with Gasteiger partial charge in [-0.05, 0) is 59.7 Å². The summed E-state index contributed by atoms with van der Waals surface area (Å²) in [5.41, 5.74) is 6.19. The van der Waals surface area contributed by atoms with Crippen LogP contribution < -0.4 is 5.32 Å². The van der Waals surface area contributed by atoms with Gasteiger partial charge in [0, 0.05) is 16.8 Å². The third kappa shape index (κ3) is 5.11. The van der Waals surface area contributed by atoms with Gasteiger partial charge in [-0.15, -0.1) is 16.4 Å². The van der Waals surface area contributed by atoms with Crippen molar-refractivity contribution in [1.29, 1.82) is 0 Å². The molecule has 152 valence electrons. The predicted molar refractivity (Wildman–Crippen MR) is 119 cm³/mol. The van der Waals surface area contributed by atoms with Gasteiger partial charge in [0.25, 0.3) is 0 Å². The summed E-state index contributed by atoms with van der Waals surface area (Å²) >= 11 is 3.28. The van der Waals surface area contributed by atoms with E-state index in [0.29, 0.717) is 0 Å². The molecule has 0 saturated heterocycles. The number of benzene rings is 2. The van der Waals surface area contributed by atoms with Crippen LogP contribution in [0, 0.1) is 13.8 Å². The van der Waals surface area contributed by atoms with Crippen molar-refractivity contribution in [1.82, 2.24) is 25.2 Å². The lowest BCUT2D eigenvalue weighted by molar-refractivity contribution is -0.115. The van der Waals surface area contributed by atoms with Crippen LogP contribution in [0.25, 0.3) is 5.69 Å². The summed E-state index contributed by atoms with van der Waals surface area (Å²) in [6.07, 6.45) is 1.76. The van der Waals surface area contributed by atoms with Gasteiger partial charge in [0.1, 0.15) is 10.7 Å². The minimum Gasteiger partial charge on any atom is -0.326 e. The Kier molecular flexibility index (Phi) is 6.20. The summed E-state index contributed by atoms with van der Waals surface area (Å²) in [6, 6.07) is 13.8. The molecule has 2 heterocycles. The van der Waals surface area contributed by atoms with Crippen molar-refractivity contribution in [3.8, 4) is 5.69 Å². The molecule has 0 aliphatic rings. The number of carbonyl (C=O) groups is 1. The number of amides is 1. The van der Waals surface area contributed by atoms with E-state index in [-0.39, 0.29) is 12.3 Å². The van der Waals surface area contributed by atoms with Gasteiger partial charge in [0.15, 0.2) is 0 Å². The minimum absolute atomic E-state index is 0.0958. The SMILES string of the molecule is Cc1ccc(C)c(CSc2nc(CC(=O)Nc3ccc(-n4cnnn4)cc3)cs2)c1. The molecule has 0 bridgehead atoms. The van der Waals surface area contributed by atoms with Crippen molar-refractivity contribution < 1.29 is 4.79 Å². The summed E-state index contributed by atoms with van der Waals surface area (Å²) in [6.45, 7) is 4.23. The summed E-state index contributed by atoms with van der Waals surface area (Å²) in [5, 5.41) is 15.9. The number of thiazole rings is 1. The summed E-state index contributed by atoms with van der Waals surface area (Å²) in [5.74, 6) is 0.780. The van der Waals surface area contributed by atoms with Crippen LogP contribution in [-0.4, -0.2) is 31.1 Å². The first-order chi connectivity index (χ1) is 14.6. The molecule has 2 aromatic heterocycles.